The Morgan fingerprint density at radius 2 is 2.16 bits per heavy atom. The van der Waals surface area contributed by atoms with Crippen molar-refractivity contribution in [2.45, 2.75) is 39.2 Å². The number of hydrogen-bond donors (Lipinski definition) is 1. The van der Waals surface area contributed by atoms with Gasteiger partial charge < -0.3 is 10.0 Å². The lowest BCUT2D eigenvalue weighted by molar-refractivity contribution is 0.0552. The molecule has 0 amide bonds. The molecule has 1 aliphatic rings. The van der Waals surface area contributed by atoms with Gasteiger partial charge in [0.1, 0.15) is 5.82 Å². The molecule has 106 valence electrons. The zero-order valence-corrected chi connectivity index (χ0v) is 11.8. The fourth-order valence-corrected chi connectivity index (χ4v) is 3.05. The minimum absolute atomic E-state index is 0.200. The highest BCUT2D eigenvalue weighted by Crippen LogP contribution is 2.30. The first-order valence-corrected chi connectivity index (χ1v) is 7.28. The average molecular weight is 265 g/mol. The largest absolute Gasteiger partial charge is 0.393 e. The van der Waals surface area contributed by atoms with E-state index in [-0.39, 0.29) is 11.9 Å². The van der Waals surface area contributed by atoms with E-state index in [1.54, 1.807) is 12.1 Å². The summed E-state index contributed by atoms with van der Waals surface area (Å²) in [5.41, 5.74) is 0.910. The van der Waals surface area contributed by atoms with Gasteiger partial charge in [0.2, 0.25) is 0 Å². The molecular formula is C16H24FNO. The van der Waals surface area contributed by atoms with Gasteiger partial charge in [0.05, 0.1) is 6.10 Å². The van der Waals surface area contributed by atoms with Crippen LogP contribution in [0.5, 0.6) is 0 Å². The molecule has 0 aromatic heterocycles. The highest BCUT2D eigenvalue weighted by atomic mass is 19.1. The summed E-state index contributed by atoms with van der Waals surface area (Å²) in [6.07, 6.45) is 2.86. The summed E-state index contributed by atoms with van der Waals surface area (Å²) in [5, 5.41) is 10.1. The van der Waals surface area contributed by atoms with E-state index in [2.05, 4.69) is 18.7 Å². The molecule has 0 radical (unpaired) electrons. The Labute approximate surface area is 115 Å². The molecule has 1 aromatic carbocycles. The van der Waals surface area contributed by atoms with Gasteiger partial charge in [0, 0.05) is 24.7 Å². The van der Waals surface area contributed by atoms with Gasteiger partial charge >= 0.3 is 0 Å². The van der Waals surface area contributed by atoms with E-state index >= 15 is 0 Å². The maximum Gasteiger partial charge on any atom is 0.125 e. The summed E-state index contributed by atoms with van der Waals surface area (Å²) in [5.74, 6) is 0.778. The third kappa shape index (κ3) is 3.69. The summed E-state index contributed by atoms with van der Waals surface area (Å²) in [6.45, 7) is 5.97. The minimum Gasteiger partial charge on any atom is -0.393 e. The van der Waals surface area contributed by atoms with Crippen LogP contribution in [0.15, 0.2) is 24.3 Å². The maximum absolute atomic E-state index is 13.3. The van der Waals surface area contributed by atoms with Crippen molar-refractivity contribution in [2.24, 2.45) is 11.8 Å². The monoisotopic (exact) mass is 265 g/mol. The van der Waals surface area contributed by atoms with Gasteiger partial charge in [-0.15, -0.1) is 0 Å². The second-order valence-electron chi connectivity index (χ2n) is 5.76. The van der Waals surface area contributed by atoms with Crippen molar-refractivity contribution in [1.82, 2.24) is 0 Å². The summed E-state index contributed by atoms with van der Waals surface area (Å²) in [7, 11) is 0. The number of aliphatic hydroxyl groups excluding tert-OH is 1. The molecule has 1 saturated carbocycles. The molecule has 1 fully saturated rings. The van der Waals surface area contributed by atoms with Crippen molar-refractivity contribution in [3.05, 3.63) is 30.1 Å². The predicted molar refractivity (Wildman–Crippen MR) is 76.8 cm³/mol. The van der Waals surface area contributed by atoms with Crippen molar-refractivity contribution in [2.75, 3.05) is 18.0 Å². The Bertz CT molecular complexity index is 409. The molecule has 19 heavy (non-hydrogen) atoms. The molecule has 1 aromatic rings. The first-order chi connectivity index (χ1) is 9.10. The van der Waals surface area contributed by atoms with E-state index in [9.17, 15) is 9.50 Å². The Morgan fingerprint density at radius 3 is 2.84 bits per heavy atom. The lowest BCUT2D eigenvalue weighted by atomic mass is 9.80. The van der Waals surface area contributed by atoms with E-state index in [0.717, 1.165) is 38.0 Å². The molecule has 3 heteroatoms. The van der Waals surface area contributed by atoms with Gasteiger partial charge in [-0.25, -0.2) is 4.39 Å². The van der Waals surface area contributed by atoms with E-state index in [0.29, 0.717) is 11.8 Å². The summed E-state index contributed by atoms with van der Waals surface area (Å²) in [6, 6.07) is 6.72. The number of hydrogen-bond acceptors (Lipinski definition) is 2. The van der Waals surface area contributed by atoms with Gasteiger partial charge in [-0.3, -0.25) is 0 Å². The Kier molecular flexibility index (Phi) is 4.81. The van der Waals surface area contributed by atoms with Gasteiger partial charge in [0.25, 0.3) is 0 Å². The number of aliphatic hydroxyl groups is 1. The van der Waals surface area contributed by atoms with Crippen LogP contribution in [-0.2, 0) is 0 Å². The third-order valence-corrected chi connectivity index (χ3v) is 4.21. The number of nitrogens with zero attached hydrogens (tertiary/aromatic N) is 1. The molecule has 0 aliphatic heterocycles. The lowest BCUT2D eigenvalue weighted by Crippen LogP contribution is -2.38. The normalized spacial score (nSPS) is 27.3. The number of anilines is 1. The smallest absolute Gasteiger partial charge is 0.125 e. The van der Waals surface area contributed by atoms with Crippen molar-refractivity contribution in [3.63, 3.8) is 0 Å². The summed E-state index contributed by atoms with van der Waals surface area (Å²) in [4.78, 5) is 2.16. The molecule has 3 unspecified atom stereocenters. The molecule has 1 N–H and O–H groups in total. The van der Waals surface area contributed by atoms with Gasteiger partial charge in [-0.2, -0.15) is 0 Å². The molecule has 0 bridgehead atoms. The Morgan fingerprint density at radius 1 is 1.37 bits per heavy atom. The number of halogens is 1. The highest BCUT2D eigenvalue weighted by molar-refractivity contribution is 5.46. The van der Waals surface area contributed by atoms with E-state index in [1.165, 1.54) is 6.07 Å². The van der Waals surface area contributed by atoms with Crippen LogP contribution in [0.4, 0.5) is 10.1 Å². The Balaban J connectivity index is 2.06. The van der Waals surface area contributed by atoms with Crippen molar-refractivity contribution >= 4 is 5.69 Å². The van der Waals surface area contributed by atoms with E-state index in [1.807, 2.05) is 6.07 Å². The Hall–Kier alpha value is -1.09. The van der Waals surface area contributed by atoms with Gasteiger partial charge in [-0.05, 0) is 50.3 Å². The van der Waals surface area contributed by atoms with Crippen molar-refractivity contribution in [1.29, 1.82) is 0 Å². The SMILES string of the molecule is CCN(CC1CC(C)CCC1O)c1cccc(F)c1. The van der Waals surface area contributed by atoms with Crippen LogP contribution in [0.2, 0.25) is 0 Å². The number of benzene rings is 1. The zero-order valence-electron chi connectivity index (χ0n) is 11.8. The van der Waals surface area contributed by atoms with Crippen LogP contribution >= 0.6 is 0 Å². The number of rotatable bonds is 4. The summed E-state index contributed by atoms with van der Waals surface area (Å²) >= 11 is 0. The van der Waals surface area contributed by atoms with Crippen LogP contribution in [0.3, 0.4) is 0 Å². The topological polar surface area (TPSA) is 23.5 Å². The molecule has 1 aliphatic carbocycles. The van der Waals surface area contributed by atoms with Gasteiger partial charge in [0.15, 0.2) is 0 Å². The first-order valence-electron chi connectivity index (χ1n) is 7.28. The maximum atomic E-state index is 13.3. The minimum atomic E-state index is -0.209. The molecule has 0 spiro atoms. The van der Waals surface area contributed by atoms with E-state index < -0.39 is 0 Å². The third-order valence-electron chi connectivity index (χ3n) is 4.21. The van der Waals surface area contributed by atoms with Crippen LogP contribution in [0, 0.1) is 17.7 Å². The van der Waals surface area contributed by atoms with Crippen LogP contribution in [0.1, 0.15) is 33.1 Å². The van der Waals surface area contributed by atoms with Crippen LogP contribution in [0.25, 0.3) is 0 Å². The molecule has 0 saturated heterocycles. The lowest BCUT2D eigenvalue weighted by Gasteiger charge is -2.36. The zero-order chi connectivity index (χ0) is 13.8. The second kappa shape index (κ2) is 6.38. The van der Waals surface area contributed by atoms with Crippen LogP contribution < -0.4 is 4.90 Å². The van der Waals surface area contributed by atoms with Crippen molar-refractivity contribution < 1.29 is 9.50 Å². The molecule has 3 atom stereocenters. The molecular weight excluding hydrogens is 241 g/mol. The quantitative estimate of drug-likeness (QED) is 0.901. The molecule has 2 rings (SSSR count). The summed E-state index contributed by atoms with van der Waals surface area (Å²) < 4.78 is 13.3. The predicted octanol–water partition coefficient (Wildman–Crippen LogP) is 3.45. The van der Waals surface area contributed by atoms with Crippen LogP contribution in [-0.4, -0.2) is 24.3 Å². The first kappa shape index (κ1) is 14.3. The fourth-order valence-electron chi connectivity index (χ4n) is 3.05. The second-order valence-corrected chi connectivity index (χ2v) is 5.76. The van der Waals surface area contributed by atoms with Gasteiger partial charge in [-0.1, -0.05) is 13.0 Å². The van der Waals surface area contributed by atoms with E-state index in [4.69, 9.17) is 0 Å². The standard InChI is InChI=1S/C16H24FNO/c1-3-18(15-6-4-5-14(17)10-15)11-13-9-12(2)7-8-16(13)19/h4-6,10,12-13,16,19H,3,7-9,11H2,1-2H3. The molecule has 0 heterocycles. The average Bonchev–Trinajstić information content (AvgIpc) is 2.39. The van der Waals surface area contributed by atoms with Crippen molar-refractivity contribution in [3.8, 4) is 0 Å². The molecule has 2 nitrogen and oxygen atoms in total. The highest BCUT2D eigenvalue weighted by Gasteiger charge is 2.28. The fraction of sp³-hybridized carbons (Fsp3) is 0.625.